The number of nitrogens with two attached hydrogens (primary N) is 1. The van der Waals surface area contributed by atoms with Gasteiger partial charge in [-0.2, -0.15) is 0 Å². The number of primary amides is 1. The van der Waals surface area contributed by atoms with E-state index in [0.29, 0.717) is 18.2 Å². The van der Waals surface area contributed by atoms with Crippen LogP contribution in [-0.4, -0.2) is 23.6 Å². The van der Waals surface area contributed by atoms with Gasteiger partial charge in [0, 0.05) is 11.9 Å². The van der Waals surface area contributed by atoms with E-state index >= 15 is 0 Å². The summed E-state index contributed by atoms with van der Waals surface area (Å²) in [5.74, 6) is -0.423. The first-order valence-corrected chi connectivity index (χ1v) is 9.32. The van der Waals surface area contributed by atoms with E-state index < -0.39 is 5.91 Å². The van der Waals surface area contributed by atoms with Gasteiger partial charge in [-0.05, 0) is 74.0 Å². The second kappa shape index (κ2) is 7.08. The molecule has 0 spiro atoms. The fraction of sp³-hybridized carbons (Fsp3) is 0.381. The summed E-state index contributed by atoms with van der Waals surface area (Å²) in [5.41, 5.74) is 8.98. The molecule has 5 heteroatoms. The molecule has 1 saturated heterocycles. The molecule has 136 valence electrons. The van der Waals surface area contributed by atoms with E-state index in [-0.39, 0.29) is 5.82 Å². The second-order valence-corrected chi connectivity index (χ2v) is 7.19. The smallest absolute Gasteiger partial charge is 0.265 e. The molecule has 2 aromatic rings. The number of piperidine rings is 1. The lowest BCUT2D eigenvalue weighted by Crippen LogP contribution is -2.26. The van der Waals surface area contributed by atoms with E-state index in [1.165, 1.54) is 6.07 Å². The lowest BCUT2D eigenvalue weighted by molar-refractivity contribution is 0.0992. The van der Waals surface area contributed by atoms with Crippen LogP contribution < -0.4 is 11.1 Å². The molecule has 2 aliphatic rings. The van der Waals surface area contributed by atoms with Crippen LogP contribution in [0.2, 0.25) is 0 Å². The number of allylic oxidation sites excluding steroid dienone is 4. The lowest BCUT2D eigenvalue weighted by atomic mass is 9.88. The van der Waals surface area contributed by atoms with Gasteiger partial charge in [-0.3, -0.25) is 4.79 Å². The van der Waals surface area contributed by atoms with Crippen molar-refractivity contribution >= 4 is 16.8 Å². The normalized spacial score (nSPS) is 18.3. The average molecular weight is 353 g/mol. The van der Waals surface area contributed by atoms with E-state index in [0.717, 1.165) is 60.8 Å². The fourth-order valence-electron chi connectivity index (χ4n) is 4.16. The molecule has 0 bridgehead atoms. The number of rotatable bonds is 4. The number of hydrogen-bond acceptors (Lipinski definition) is 2. The molecule has 1 fully saturated rings. The maximum Gasteiger partial charge on any atom is 0.265 e. The number of aromatic nitrogens is 1. The van der Waals surface area contributed by atoms with Crippen LogP contribution in [0, 0.1) is 5.82 Å². The van der Waals surface area contributed by atoms with Gasteiger partial charge in [-0.1, -0.05) is 18.2 Å². The molecule has 0 saturated carbocycles. The van der Waals surface area contributed by atoms with E-state index in [2.05, 4.69) is 23.5 Å². The molecule has 1 aliphatic heterocycles. The molecule has 0 atom stereocenters. The van der Waals surface area contributed by atoms with Crippen LogP contribution in [0.3, 0.4) is 0 Å². The third-order valence-corrected chi connectivity index (χ3v) is 5.46. The van der Waals surface area contributed by atoms with E-state index in [1.807, 2.05) is 10.6 Å². The summed E-state index contributed by atoms with van der Waals surface area (Å²) in [6.07, 6.45) is 10.4. The van der Waals surface area contributed by atoms with Crippen molar-refractivity contribution in [3.8, 4) is 0 Å². The summed E-state index contributed by atoms with van der Waals surface area (Å²) in [6, 6.07) is 5.01. The number of amides is 1. The predicted molar refractivity (Wildman–Crippen MR) is 102 cm³/mol. The van der Waals surface area contributed by atoms with Crippen molar-refractivity contribution in [2.75, 3.05) is 13.1 Å². The highest BCUT2D eigenvalue weighted by Gasteiger charge is 2.23. The Morgan fingerprint density at radius 2 is 2.04 bits per heavy atom. The van der Waals surface area contributed by atoms with E-state index in [4.69, 9.17) is 5.73 Å². The summed E-state index contributed by atoms with van der Waals surface area (Å²) in [6.45, 7) is 2.40. The minimum absolute atomic E-state index is 0.255. The fourth-order valence-corrected chi connectivity index (χ4v) is 4.16. The van der Waals surface area contributed by atoms with Crippen molar-refractivity contribution in [2.24, 2.45) is 5.73 Å². The molecule has 4 rings (SSSR count). The van der Waals surface area contributed by atoms with Crippen molar-refractivity contribution in [1.29, 1.82) is 0 Å². The quantitative estimate of drug-likeness (QED) is 0.882. The first-order valence-electron chi connectivity index (χ1n) is 9.32. The zero-order chi connectivity index (χ0) is 18.1. The molecule has 26 heavy (non-hydrogen) atoms. The summed E-state index contributed by atoms with van der Waals surface area (Å²) < 4.78 is 16.3. The van der Waals surface area contributed by atoms with Gasteiger partial charge in [-0.15, -0.1) is 0 Å². The minimum atomic E-state index is -0.474. The summed E-state index contributed by atoms with van der Waals surface area (Å²) in [4.78, 5) is 12.1. The Morgan fingerprint density at radius 1 is 1.23 bits per heavy atom. The zero-order valence-corrected chi connectivity index (χ0v) is 14.8. The Balaban J connectivity index is 1.85. The number of halogens is 1. The van der Waals surface area contributed by atoms with Crippen molar-refractivity contribution < 1.29 is 9.18 Å². The Bertz CT molecular complexity index is 904. The maximum atomic E-state index is 14.4. The number of fused-ring (bicyclic) bond motifs is 1. The molecular formula is C21H24FN3O. The Labute approximate surface area is 152 Å². The maximum absolute atomic E-state index is 14.4. The largest absolute Gasteiger partial charge is 0.364 e. The minimum Gasteiger partial charge on any atom is -0.364 e. The van der Waals surface area contributed by atoms with Crippen molar-refractivity contribution in [3.05, 3.63) is 59.1 Å². The predicted octanol–water partition coefficient (Wildman–Crippen LogP) is 3.62. The molecule has 1 amide bonds. The van der Waals surface area contributed by atoms with Crippen LogP contribution in [0.15, 0.2) is 42.0 Å². The number of carbonyl (C=O) groups excluding carboxylic acids is 1. The van der Waals surface area contributed by atoms with Crippen molar-refractivity contribution in [1.82, 2.24) is 9.88 Å². The molecule has 3 N–H and O–H groups in total. The van der Waals surface area contributed by atoms with Gasteiger partial charge >= 0.3 is 0 Å². The van der Waals surface area contributed by atoms with Crippen molar-refractivity contribution in [3.63, 3.8) is 0 Å². The van der Waals surface area contributed by atoms with Gasteiger partial charge in [0.2, 0.25) is 0 Å². The monoisotopic (exact) mass is 353 g/mol. The Kier molecular flexibility index (Phi) is 4.64. The Morgan fingerprint density at radius 3 is 2.73 bits per heavy atom. The first-order chi connectivity index (χ1) is 12.6. The second-order valence-electron chi connectivity index (χ2n) is 7.19. The van der Waals surface area contributed by atoms with Crippen LogP contribution in [0.1, 0.15) is 47.7 Å². The molecule has 1 aliphatic carbocycles. The topological polar surface area (TPSA) is 60.1 Å². The van der Waals surface area contributed by atoms with Crippen molar-refractivity contribution in [2.45, 2.75) is 38.1 Å². The van der Waals surface area contributed by atoms with E-state index in [9.17, 15) is 9.18 Å². The number of nitrogens with zero attached hydrogens (tertiary/aromatic N) is 1. The third kappa shape index (κ3) is 3.19. The summed E-state index contributed by atoms with van der Waals surface area (Å²) in [7, 11) is 0. The van der Waals surface area contributed by atoms with Gasteiger partial charge < -0.3 is 15.6 Å². The van der Waals surface area contributed by atoms with E-state index in [1.54, 1.807) is 6.07 Å². The average Bonchev–Trinajstić information content (AvgIpc) is 3.01. The summed E-state index contributed by atoms with van der Waals surface area (Å²) >= 11 is 0. The van der Waals surface area contributed by atoms with Gasteiger partial charge in [0.15, 0.2) is 0 Å². The molecule has 4 nitrogen and oxygen atoms in total. The lowest BCUT2D eigenvalue weighted by Gasteiger charge is -2.24. The molecular weight excluding hydrogens is 329 g/mol. The molecule has 0 unspecified atom stereocenters. The Hall–Kier alpha value is -2.40. The van der Waals surface area contributed by atoms with Crippen LogP contribution in [0.5, 0.6) is 0 Å². The number of nitrogens with one attached hydrogen (secondary N) is 1. The highest BCUT2D eigenvalue weighted by atomic mass is 19.1. The van der Waals surface area contributed by atoms with Gasteiger partial charge in [-0.25, -0.2) is 4.39 Å². The molecule has 2 heterocycles. The highest BCUT2D eigenvalue weighted by Crippen LogP contribution is 2.34. The first kappa shape index (κ1) is 17.0. The van der Waals surface area contributed by atoms with Gasteiger partial charge in [0.25, 0.3) is 5.91 Å². The number of benzene rings is 1. The number of hydrogen-bond donors (Lipinski definition) is 2. The van der Waals surface area contributed by atoms with Crippen LogP contribution in [0.4, 0.5) is 4.39 Å². The van der Waals surface area contributed by atoms with Crippen LogP contribution in [0.25, 0.3) is 10.9 Å². The summed E-state index contributed by atoms with van der Waals surface area (Å²) in [5, 5.41) is 4.30. The highest BCUT2D eigenvalue weighted by molar-refractivity contribution is 5.99. The van der Waals surface area contributed by atoms with Gasteiger partial charge in [0.1, 0.15) is 11.5 Å². The SMILES string of the molecule is NC(=O)c1cc2c(C3CCNCC3)cc(F)cc2n1CC1=CCCC=C1. The third-order valence-electron chi connectivity index (χ3n) is 5.46. The van der Waals surface area contributed by atoms with Gasteiger partial charge in [0.05, 0.1) is 5.52 Å². The number of carbonyl (C=O) groups is 1. The van der Waals surface area contributed by atoms with Crippen LogP contribution >= 0.6 is 0 Å². The molecule has 1 aromatic heterocycles. The van der Waals surface area contributed by atoms with Crippen LogP contribution in [-0.2, 0) is 6.54 Å². The zero-order valence-electron chi connectivity index (χ0n) is 14.8. The molecule has 0 radical (unpaired) electrons. The molecule has 1 aromatic carbocycles. The standard InChI is InChI=1S/C21H24FN3O/c22-16-10-17(15-6-8-24-9-7-15)18-12-20(21(23)26)25(19(18)11-16)13-14-4-2-1-3-5-14/h2,4-5,10-12,15,24H,1,3,6-9,13H2,(H2,23,26).